The van der Waals surface area contributed by atoms with E-state index >= 15 is 0 Å². The first-order valence-electron chi connectivity index (χ1n) is 9.84. The molecule has 0 N–H and O–H groups in total. The molecule has 0 saturated heterocycles. The van der Waals surface area contributed by atoms with Crippen molar-refractivity contribution in [3.63, 3.8) is 0 Å². The van der Waals surface area contributed by atoms with Crippen LogP contribution in [-0.4, -0.2) is 32.1 Å². The Morgan fingerprint density at radius 1 is 1.06 bits per heavy atom. The summed E-state index contributed by atoms with van der Waals surface area (Å²) in [4.78, 5) is 15.0. The molecule has 9 heteroatoms. The second-order valence-electron chi connectivity index (χ2n) is 7.70. The smallest absolute Gasteiger partial charge is 0.322 e. The van der Waals surface area contributed by atoms with E-state index in [1.165, 1.54) is 17.0 Å². The predicted molar refractivity (Wildman–Crippen MR) is 110 cm³/mol. The Balaban J connectivity index is 1.82. The number of benzene rings is 2. The summed E-state index contributed by atoms with van der Waals surface area (Å²) in [5.41, 5.74) is -0.421. The molecule has 1 atom stereocenters. The van der Waals surface area contributed by atoms with E-state index in [-0.39, 0.29) is 18.0 Å². The van der Waals surface area contributed by atoms with Gasteiger partial charge in [0.25, 0.3) is 5.91 Å². The van der Waals surface area contributed by atoms with E-state index in [9.17, 15) is 18.0 Å². The molecular formula is C22H20ClF3N4O. The Hall–Kier alpha value is -2.87. The van der Waals surface area contributed by atoms with Gasteiger partial charge in [-0.25, -0.2) is 0 Å². The molecule has 1 aromatic heterocycles. The van der Waals surface area contributed by atoms with Crippen LogP contribution in [0.3, 0.4) is 0 Å². The van der Waals surface area contributed by atoms with Crippen molar-refractivity contribution in [1.29, 1.82) is 0 Å². The first kappa shape index (κ1) is 21.4. The summed E-state index contributed by atoms with van der Waals surface area (Å²) in [7, 11) is 0. The van der Waals surface area contributed by atoms with Crippen LogP contribution in [-0.2, 0) is 12.7 Å². The number of carbonyl (C=O) groups is 1. The second kappa shape index (κ2) is 8.00. The zero-order valence-corrected chi connectivity index (χ0v) is 17.7. The molecule has 4 rings (SSSR count). The molecule has 2 heterocycles. The maximum atomic E-state index is 13.5. The molecule has 1 aliphatic heterocycles. The molecule has 0 aliphatic carbocycles. The quantitative estimate of drug-likeness (QED) is 0.545. The lowest BCUT2D eigenvalue weighted by molar-refractivity contribution is -0.137. The van der Waals surface area contributed by atoms with Crippen molar-refractivity contribution in [2.45, 2.75) is 38.5 Å². The zero-order valence-electron chi connectivity index (χ0n) is 16.9. The third-order valence-electron chi connectivity index (χ3n) is 5.36. The molecule has 5 nitrogen and oxygen atoms in total. The van der Waals surface area contributed by atoms with Gasteiger partial charge in [-0.15, -0.1) is 10.2 Å². The summed E-state index contributed by atoms with van der Waals surface area (Å²) in [5.74, 6) is 0.945. The standard InChI is InChI=1S/C22H20ClF3N4O/c1-13(2)19-27-28-20-18(14-7-4-3-5-8-14)29(11-12-30(19)20)21(31)15-9-6-10-16(17(15)23)22(24,25)26/h3-10,13,18H,11-12H2,1-2H3/t18-/m0/s1. The Labute approximate surface area is 182 Å². The number of fused-ring (bicyclic) bond motifs is 1. The van der Waals surface area contributed by atoms with E-state index < -0.39 is 28.7 Å². The molecule has 162 valence electrons. The molecule has 1 amide bonds. The molecule has 0 unspecified atom stereocenters. The topological polar surface area (TPSA) is 51.0 Å². The van der Waals surface area contributed by atoms with Crippen molar-refractivity contribution >= 4 is 17.5 Å². The van der Waals surface area contributed by atoms with Crippen molar-refractivity contribution in [3.05, 3.63) is 81.9 Å². The van der Waals surface area contributed by atoms with Crippen LogP contribution in [0, 0.1) is 0 Å². The minimum Gasteiger partial charge on any atom is -0.322 e. The van der Waals surface area contributed by atoms with Crippen LogP contribution in [0.5, 0.6) is 0 Å². The summed E-state index contributed by atoms with van der Waals surface area (Å²) in [6, 6.07) is 12.1. The van der Waals surface area contributed by atoms with Gasteiger partial charge in [0.2, 0.25) is 0 Å². The van der Waals surface area contributed by atoms with E-state index in [1.54, 1.807) is 0 Å². The lowest BCUT2D eigenvalue weighted by atomic mass is 10.00. The summed E-state index contributed by atoms with van der Waals surface area (Å²) in [5, 5.41) is 8.06. The number of rotatable bonds is 3. The monoisotopic (exact) mass is 448 g/mol. The van der Waals surface area contributed by atoms with Crippen molar-refractivity contribution in [2.75, 3.05) is 6.54 Å². The molecule has 0 spiro atoms. The van der Waals surface area contributed by atoms with Crippen molar-refractivity contribution in [3.8, 4) is 0 Å². The minimum atomic E-state index is -4.65. The number of aromatic nitrogens is 3. The van der Waals surface area contributed by atoms with Gasteiger partial charge in [-0.1, -0.05) is 61.8 Å². The van der Waals surface area contributed by atoms with Crippen LogP contribution >= 0.6 is 11.6 Å². The fraction of sp³-hybridized carbons (Fsp3) is 0.318. The van der Waals surface area contributed by atoms with Crippen molar-refractivity contribution in [1.82, 2.24) is 19.7 Å². The van der Waals surface area contributed by atoms with Crippen molar-refractivity contribution < 1.29 is 18.0 Å². The van der Waals surface area contributed by atoms with Crippen LogP contribution < -0.4 is 0 Å². The highest BCUT2D eigenvalue weighted by molar-refractivity contribution is 6.34. The molecule has 31 heavy (non-hydrogen) atoms. The van der Waals surface area contributed by atoms with E-state index in [4.69, 9.17) is 11.6 Å². The molecular weight excluding hydrogens is 429 g/mol. The highest BCUT2D eigenvalue weighted by atomic mass is 35.5. The Kier molecular flexibility index (Phi) is 5.51. The number of nitrogens with zero attached hydrogens (tertiary/aromatic N) is 4. The third kappa shape index (κ3) is 3.80. The Bertz CT molecular complexity index is 1110. The number of amides is 1. The predicted octanol–water partition coefficient (Wildman–Crippen LogP) is 5.32. The first-order chi connectivity index (χ1) is 14.7. The Morgan fingerprint density at radius 3 is 2.42 bits per heavy atom. The van der Waals surface area contributed by atoms with Gasteiger partial charge in [0.05, 0.1) is 16.1 Å². The second-order valence-corrected chi connectivity index (χ2v) is 8.08. The van der Waals surface area contributed by atoms with Gasteiger partial charge < -0.3 is 9.47 Å². The molecule has 2 aromatic carbocycles. The van der Waals surface area contributed by atoms with Crippen molar-refractivity contribution in [2.24, 2.45) is 0 Å². The lowest BCUT2D eigenvalue weighted by Crippen LogP contribution is -2.43. The van der Waals surface area contributed by atoms with Crippen LogP contribution in [0.2, 0.25) is 5.02 Å². The van der Waals surface area contributed by atoms with E-state index in [2.05, 4.69) is 10.2 Å². The molecule has 0 bridgehead atoms. The zero-order chi connectivity index (χ0) is 22.3. The molecule has 0 fully saturated rings. The van der Waals surface area contributed by atoms with Crippen LogP contribution in [0.15, 0.2) is 48.5 Å². The molecule has 1 aliphatic rings. The summed E-state index contributed by atoms with van der Waals surface area (Å²) in [6.45, 7) is 4.75. The highest BCUT2D eigenvalue weighted by Crippen LogP contribution is 2.39. The van der Waals surface area contributed by atoms with E-state index in [1.807, 2.05) is 48.7 Å². The average Bonchev–Trinajstić information content (AvgIpc) is 3.17. The largest absolute Gasteiger partial charge is 0.417 e. The van der Waals surface area contributed by atoms with Crippen LogP contribution in [0.25, 0.3) is 0 Å². The highest BCUT2D eigenvalue weighted by Gasteiger charge is 2.39. The maximum Gasteiger partial charge on any atom is 0.417 e. The van der Waals surface area contributed by atoms with Gasteiger partial charge in [-0.3, -0.25) is 4.79 Å². The lowest BCUT2D eigenvalue weighted by Gasteiger charge is -2.36. The van der Waals surface area contributed by atoms with Crippen LogP contribution in [0.1, 0.15) is 58.9 Å². The van der Waals surface area contributed by atoms with Gasteiger partial charge in [-0.05, 0) is 17.7 Å². The molecule has 0 saturated carbocycles. The summed E-state index contributed by atoms with van der Waals surface area (Å²) < 4.78 is 41.9. The summed E-state index contributed by atoms with van der Waals surface area (Å²) >= 11 is 6.05. The van der Waals surface area contributed by atoms with Crippen LogP contribution in [0.4, 0.5) is 13.2 Å². The van der Waals surface area contributed by atoms with E-state index in [0.29, 0.717) is 12.4 Å². The number of halogens is 4. The maximum absolute atomic E-state index is 13.5. The summed E-state index contributed by atoms with van der Waals surface area (Å²) in [6.07, 6.45) is -4.65. The number of hydrogen-bond donors (Lipinski definition) is 0. The third-order valence-corrected chi connectivity index (χ3v) is 5.76. The van der Waals surface area contributed by atoms with Gasteiger partial charge in [0.1, 0.15) is 11.9 Å². The average molecular weight is 449 g/mol. The first-order valence-corrected chi connectivity index (χ1v) is 10.2. The van der Waals surface area contributed by atoms with Gasteiger partial charge in [0, 0.05) is 19.0 Å². The molecule has 0 radical (unpaired) electrons. The minimum absolute atomic E-state index is 0.137. The fourth-order valence-corrected chi connectivity index (χ4v) is 4.23. The number of alkyl halides is 3. The van der Waals surface area contributed by atoms with Gasteiger partial charge in [-0.2, -0.15) is 13.2 Å². The van der Waals surface area contributed by atoms with Gasteiger partial charge >= 0.3 is 6.18 Å². The number of hydrogen-bond acceptors (Lipinski definition) is 3. The normalized spacial score (nSPS) is 16.5. The SMILES string of the molecule is CC(C)c1nnc2n1CCN(C(=O)c1cccc(C(F)(F)F)c1Cl)[C@H]2c1ccccc1. The van der Waals surface area contributed by atoms with Gasteiger partial charge in [0.15, 0.2) is 5.82 Å². The number of carbonyl (C=O) groups excluding carboxylic acids is 1. The Morgan fingerprint density at radius 2 is 1.77 bits per heavy atom. The fourth-order valence-electron chi connectivity index (χ4n) is 3.92. The molecule has 3 aromatic rings. The van der Waals surface area contributed by atoms with E-state index in [0.717, 1.165) is 17.5 Å².